The maximum atomic E-state index is 13.3. The van der Waals surface area contributed by atoms with E-state index in [2.05, 4.69) is 24.3 Å². The van der Waals surface area contributed by atoms with E-state index in [1.165, 1.54) is 6.92 Å². The number of carbonyl (C=O) groups excluding carboxylic acids is 3. The van der Waals surface area contributed by atoms with Crippen LogP contribution in [0.15, 0.2) is 0 Å². The summed E-state index contributed by atoms with van der Waals surface area (Å²) in [5, 5.41) is 298. The Balaban J connectivity index is 1.02. The lowest BCUT2D eigenvalue weighted by Gasteiger charge is -2.51. The molecular formula is C66H111N3O56S2. The van der Waals surface area contributed by atoms with E-state index in [0.29, 0.717) is 0 Å². The van der Waals surface area contributed by atoms with E-state index in [-0.39, 0.29) is 0 Å². The lowest BCUT2D eigenvalue weighted by atomic mass is 9.93. The number of nitrogens with one attached hydrogen (secondary N) is 3. The molecule has 0 spiro atoms. The van der Waals surface area contributed by atoms with Gasteiger partial charge in [-0.05, 0) is 6.92 Å². The maximum Gasteiger partial charge on any atom is 0.397 e. The summed E-state index contributed by atoms with van der Waals surface area (Å²) in [6.45, 7) is -6.94. The molecule has 10 aliphatic heterocycles. The molecule has 3 amide bonds. The van der Waals surface area contributed by atoms with Gasteiger partial charge in [-0.1, -0.05) is 0 Å². The Kier molecular flexibility index (Phi) is 37.3. The van der Waals surface area contributed by atoms with Gasteiger partial charge in [0, 0.05) is 20.8 Å². The minimum Gasteiger partial charge on any atom is -0.394 e. The third kappa shape index (κ3) is 24.6. The van der Waals surface area contributed by atoms with Crippen molar-refractivity contribution in [3.05, 3.63) is 0 Å². The molecular weight excluding hydrogens is 1790 g/mol. The summed E-state index contributed by atoms with van der Waals surface area (Å²) in [6, 6.07) is -6.15. The van der Waals surface area contributed by atoms with Crippen molar-refractivity contribution in [1.82, 2.24) is 16.0 Å². The minimum atomic E-state index is -5.57. The molecule has 59 nitrogen and oxygen atoms in total. The monoisotopic (exact) mass is 1910 g/mol. The number of aliphatic hydroxyl groups is 26. The highest BCUT2D eigenvalue weighted by Gasteiger charge is 2.62. The average molecular weight is 1910 g/mol. The van der Waals surface area contributed by atoms with E-state index in [4.69, 9.17) is 90.0 Å². The molecule has 0 radical (unpaired) electrons. The standard InChI is InChI=1S/C66H111N3O56S2/c1-14-30(78)39(87)44(92)60(109-14)107-12-26-51(37(85)27(57(98)110-26)67-15(2)75)119-58-28(68-16(3)76)38(86)50(21(8-73)114-58)120-65-49(97)55(36(84)24(118-65)11-106-62-48(96)54(122-63-46(94)41(89)32(80)19(6-71)112-63)35(83)23(117-62)10-105-61-45(93)40(88)31(79)18(5-70)111-61)123-66-56(42(90)33(81)20(7-72)113-66)124-59-29(69-17(4)77)53(34(82)25(116-59)13-108-126(99,100)101)121-64-47(95)43(91)52(22(9-74)115-64)125-127(102,103)104/h14,18-66,70-74,78-98H,5-13H2,1-4H3,(H,67,75)(H,68,76)(H,69,77)(H,99,100,101)(H,102,103,104)/t14-,18+,19+,20+,21+,22+,23+,24+,25+,26+,27+,28+,29+,30+,31+,32+,33+,34+,35+,36+,37+,38+,39+,40-,41-,42-,43+,44-,45-,46-,47+,48-,49-,50+,51+,52-,53+,54-,55-,56-,57+,58-,59-,60+,61-,62-,63+,64-,65-,66+/m0/s1. The molecule has 0 aromatic carbocycles. The minimum absolute atomic E-state index is 0.790. The highest BCUT2D eigenvalue weighted by atomic mass is 32.3. The summed E-state index contributed by atoms with van der Waals surface area (Å²) in [5.41, 5.74) is 0. The van der Waals surface area contributed by atoms with Gasteiger partial charge in [0.25, 0.3) is 0 Å². The Hall–Kier alpha value is -3.65. The van der Waals surface area contributed by atoms with Crippen molar-refractivity contribution in [3.8, 4) is 0 Å². The highest BCUT2D eigenvalue weighted by molar-refractivity contribution is 7.81. The topological polar surface area (TPSA) is 916 Å². The number of carbonyl (C=O) groups is 3. The second kappa shape index (κ2) is 44.9. The van der Waals surface area contributed by atoms with Crippen LogP contribution in [0, 0.1) is 0 Å². The van der Waals surface area contributed by atoms with Crippen LogP contribution in [0.2, 0.25) is 0 Å². The first-order valence-corrected chi connectivity index (χ1v) is 42.1. The Morgan fingerprint density at radius 1 is 0.268 bits per heavy atom. The molecule has 127 heavy (non-hydrogen) atoms. The molecule has 61 heteroatoms. The zero-order valence-electron chi connectivity index (χ0n) is 67.0. The fraction of sp³-hybridized carbons (Fsp3) is 0.955. The summed E-state index contributed by atoms with van der Waals surface area (Å²) in [4.78, 5) is 39.0. The second-order valence-electron chi connectivity index (χ2n) is 31.3. The van der Waals surface area contributed by atoms with Crippen LogP contribution in [0.1, 0.15) is 27.7 Å². The van der Waals surface area contributed by atoms with Crippen LogP contribution in [0.3, 0.4) is 0 Å². The van der Waals surface area contributed by atoms with Crippen molar-refractivity contribution in [2.45, 2.75) is 335 Å². The molecule has 10 aliphatic rings. The largest absolute Gasteiger partial charge is 0.397 e. The number of ether oxygens (including phenoxy) is 19. The van der Waals surface area contributed by atoms with Gasteiger partial charge in [-0.15, -0.1) is 0 Å². The molecule has 0 bridgehead atoms. The van der Waals surface area contributed by atoms with Crippen LogP contribution in [0.5, 0.6) is 0 Å². The molecule has 0 unspecified atom stereocenters. The van der Waals surface area contributed by atoms with Crippen molar-refractivity contribution < 1.29 is 271 Å². The van der Waals surface area contributed by atoms with Crippen molar-refractivity contribution in [1.29, 1.82) is 0 Å². The number of amides is 3. The fourth-order valence-electron chi connectivity index (χ4n) is 15.7. The van der Waals surface area contributed by atoms with Gasteiger partial charge in [0.1, 0.15) is 238 Å². The van der Waals surface area contributed by atoms with Gasteiger partial charge < -0.3 is 239 Å². The first kappa shape index (κ1) is 105. The smallest absolute Gasteiger partial charge is 0.394 e. The summed E-state index contributed by atoms with van der Waals surface area (Å²) in [7, 11) is -11.1. The van der Waals surface area contributed by atoms with Crippen molar-refractivity contribution in [3.63, 3.8) is 0 Å². The highest BCUT2D eigenvalue weighted by Crippen LogP contribution is 2.41. The van der Waals surface area contributed by atoms with Crippen LogP contribution in [-0.4, -0.2) is 543 Å². The van der Waals surface area contributed by atoms with E-state index in [1.807, 2.05) is 0 Å². The second-order valence-corrected chi connectivity index (χ2v) is 33.5. The Bertz CT molecular complexity index is 3710. The maximum absolute atomic E-state index is 13.3. The van der Waals surface area contributed by atoms with Gasteiger partial charge >= 0.3 is 20.8 Å². The van der Waals surface area contributed by atoms with E-state index in [9.17, 15) is 173 Å². The van der Waals surface area contributed by atoms with Crippen LogP contribution < -0.4 is 16.0 Å². The molecule has 0 aliphatic carbocycles. The molecule has 10 saturated heterocycles. The van der Waals surface area contributed by atoms with Crippen LogP contribution in [-0.2, 0) is 134 Å². The lowest BCUT2D eigenvalue weighted by molar-refractivity contribution is -0.398. The summed E-state index contributed by atoms with van der Waals surface area (Å²) < 4.78 is 187. The van der Waals surface area contributed by atoms with Crippen molar-refractivity contribution >= 4 is 38.5 Å². The quantitative estimate of drug-likeness (QED) is 0.0266. The fourth-order valence-corrected chi connectivity index (χ4v) is 16.5. The first-order valence-electron chi connectivity index (χ1n) is 39.3. The van der Waals surface area contributed by atoms with Crippen molar-refractivity contribution in [2.24, 2.45) is 0 Å². The van der Waals surface area contributed by atoms with Gasteiger partial charge in [0.15, 0.2) is 62.9 Å². The zero-order valence-corrected chi connectivity index (χ0v) is 68.6. The number of hydrogen-bond acceptors (Lipinski definition) is 54. The third-order valence-corrected chi connectivity index (χ3v) is 23.3. The lowest BCUT2D eigenvalue weighted by Crippen LogP contribution is -2.71. The Morgan fingerprint density at radius 3 is 1.10 bits per heavy atom. The number of aliphatic hydroxyl groups excluding tert-OH is 26. The van der Waals surface area contributed by atoms with Crippen molar-refractivity contribution in [2.75, 3.05) is 59.5 Å². The molecule has 10 rings (SSSR count). The van der Waals surface area contributed by atoms with Gasteiger partial charge in [-0.25, -0.2) is 8.37 Å². The Morgan fingerprint density at radius 2 is 0.583 bits per heavy atom. The van der Waals surface area contributed by atoms with E-state index in [0.717, 1.165) is 20.8 Å². The zero-order chi connectivity index (χ0) is 93.9. The average Bonchev–Trinajstić information content (AvgIpc) is 0.753. The normalized spacial score (nSPS) is 48.5. The summed E-state index contributed by atoms with van der Waals surface area (Å²) in [5.74, 6) is -3.08. The Labute approximate surface area is 717 Å². The SMILES string of the molecule is CC(=O)N[C@@H]1[C@@H](O)[C@H](O[C@@H]2O[C@H](CO)[C@@H](O[C@@H]3O[C@H](CO[C@H]4O[C@H](CO[C@H]5O[C@H](CO)[C@@H](O)[C@H](O)[C@@H]5O)[C@@H](O)[C@H](O[C@H]5O[C@H](CO)[C@@H](O)[C@H](O)[C@@H]5O)[C@@H]4O)[C@@H](O)[C@H](O[C@H]4O[C@H](CO)[C@@H](O)[C@H](O)[C@@H]4O[C@@H]4O[C@H](COS(=O)(=O)O)[C@@H](O)[C@H](O[C@@H]5O[C@H](CO)[C@H](OS(=O)(=O)O)[C@H](O)[C@H]5O)[C@H]4NC(C)=O)[C@@H]3O)[C@H](O)[C@H]2NC(C)=O)[C@@H](CO[C@@H]2O[C@@H](C)[C@@H](O)[C@@H](O)[C@@H]2O)O[C@H]1O. The van der Waals surface area contributed by atoms with E-state index < -0.39 is 405 Å². The van der Waals surface area contributed by atoms with Gasteiger partial charge in [0.05, 0.1) is 65.6 Å². The predicted octanol–water partition coefficient (Wildman–Crippen LogP) is -21.7. The van der Waals surface area contributed by atoms with Gasteiger partial charge in [0.2, 0.25) is 17.7 Å². The molecule has 0 saturated carbocycles. The molecule has 10 fully saturated rings. The molecule has 50 atom stereocenters. The van der Waals surface area contributed by atoms with E-state index in [1.54, 1.807) is 0 Å². The molecule has 0 aromatic rings. The first-order chi connectivity index (χ1) is 59.6. The molecule has 0 aromatic heterocycles. The molecule has 738 valence electrons. The molecule has 31 N–H and O–H groups in total. The summed E-state index contributed by atoms with van der Waals surface area (Å²) >= 11 is 0. The van der Waals surface area contributed by atoms with Crippen LogP contribution in [0.25, 0.3) is 0 Å². The predicted molar refractivity (Wildman–Crippen MR) is 384 cm³/mol. The van der Waals surface area contributed by atoms with Crippen LogP contribution >= 0.6 is 0 Å². The van der Waals surface area contributed by atoms with E-state index >= 15 is 0 Å². The summed E-state index contributed by atoms with van der Waals surface area (Å²) in [6.07, 6.45) is -104. The van der Waals surface area contributed by atoms with Gasteiger partial charge in [-0.2, -0.15) is 16.8 Å². The number of hydrogen-bond donors (Lipinski definition) is 31. The van der Waals surface area contributed by atoms with Crippen LogP contribution in [0.4, 0.5) is 0 Å². The van der Waals surface area contributed by atoms with Gasteiger partial charge in [-0.3, -0.25) is 23.5 Å². The number of rotatable bonds is 34. The molecule has 10 heterocycles. The third-order valence-electron chi connectivity index (χ3n) is 22.4.